The first-order valence-corrected chi connectivity index (χ1v) is 24.9. The Hall–Kier alpha value is -4.10. The molecule has 0 heterocycles. The Morgan fingerprint density at radius 2 is 0.613 bits per heavy atom. The van der Waals surface area contributed by atoms with Gasteiger partial charge in [0.05, 0.1) is 12.5 Å². The van der Waals surface area contributed by atoms with Crippen LogP contribution in [0.5, 0.6) is 23.0 Å². The van der Waals surface area contributed by atoms with E-state index in [0.29, 0.717) is 33.8 Å². The molecule has 0 saturated carbocycles. The average Bonchev–Trinajstić information content (AvgIpc) is 3.10. The summed E-state index contributed by atoms with van der Waals surface area (Å²) in [7, 11) is -7.43. The van der Waals surface area contributed by atoms with Gasteiger partial charge >= 0.3 is 0 Å². The van der Waals surface area contributed by atoms with Crippen LogP contribution in [0.25, 0.3) is 0 Å². The normalized spacial score (nSPS) is 14.2. The fourth-order valence-corrected chi connectivity index (χ4v) is 8.42. The zero-order chi connectivity index (χ0) is 46.4. The number of benzene rings is 4. The second kappa shape index (κ2) is 17.8. The maximum atomic E-state index is 12.4. The number of phenols is 2. The maximum absolute atomic E-state index is 12.4. The summed E-state index contributed by atoms with van der Waals surface area (Å²) in [6.45, 7) is 25.1. The summed E-state index contributed by atoms with van der Waals surface area (Å²) in [6.07, 6.45) is 3.12. The van der Waals surface area contributed by atoms with E-state index in [2.05, 4.69) is 107 Å². The van der Waals surface area contributed by atoms with Gasteiger partial charge in [0.1, 0.15) is 49.4 Å². The molecule has 0 unspecified atom stereocenters. The molecule has 1 aliphatic carbocycles. The predicted octanol–water partition coefficient (Wildman–Crippen LogP) is 9.67. The van der Waals surface area contributed by atoms with Crippen LogP contribution in [0.15, 0.2) is 48.5 Å². The minimum absolute atomic E-state index is 0.0524. The van der Waals surface area contributed by atoms with Gasteiger partial charge in [0.25, 0.3) is 20.2 Å². The zero-order valence-electron chi connectivity index (χ0n) is 39.3. The molecule has 0 aliphatic heterocycles. The number of ether oxygens (including phenoxy) is 2. The van der Waals surface area contributed by atoms with E-state index in [1.54, 1.807) is 0 Å². The molecule has 0 fully saturated rings. The fraction of sp³-hybridized carbons (Fsp3) is 0.520. The van der Waals surface area contributed by atoms with Gasteiger partial charge in [0, 0.05) is 25.7 Å². The quantitative estimate of drug-likeness (QED) is 0.103. The number of hydrogen-bond acceptors (Lipinski definition) is 10. The van der Waals surface area contributed by atoms with Crippen LogP contribution in [0.1, 0.15) is 150 Å². The lowest BCUT2D eigenvalue weighted by Crippen LogP contribution is -2.18. The summed E-state index contributed by atoms with van der Waals surface area (Å²) in [6, 6.07) is 16.6. The number of fused-ring (bicyclic) bond motifs is 8. The molecule has 0 spiro atoms. The van der Waals surface area contributed by atoms with E-state index in [9.17, 15) is 27.0 Å². The molecule has 0 aromatic heterocycles. The van der Waals surface area contributed by atoms with Gasteiger partial charge in [0.2, 0.25) is 0 Å². The topological polar surface area (TPSA) is 146 Å². The van der Waals surface area contributed by atoms with Crippen molar-refractivity contribution in [3.05, 3.63) is 115 Å². The minimum Gasteiger partial charge on any atom is -0.507 e. The van der Waals surface area contributed by atoms with E-state index in [1.807, 2.05) is 24.3 Å². The molecule has 340 valence electrons. The van der Waals surface area contributed by atoms with Gasteiger partial charge in [0.15, 0.2) is 0 Å². The molecular formula is C50H68O10S2. The molecular weight excluding hydrogens is 825 g/mol. The second-order valence-electron chi connectivity index (χ2n) is 21.0. The average molecular weight is 893 g/mol. The lowest BCUT2D eigenvalue weighted by Gasteiger charge is -2.28. The lowest BCUT2D eigenvalue weighted by atomic mass is 9.79. The number of aromatic hydroxyl groups is 2. The largest absolute Gasteiger partial charge is 0.507 e. The highest BCUT2D eigenvalue weighted by atomic mass is 32.2. The zero-order valence-corrected chi connectivity index (χ0v) is 40.9. The van der Waals surface area contributed by atoms with E-state index in [4.69, 9.17) is 17.8 Å². The SMILES string of the molecule is CC(C)(C)c1cc2c(O)c(c1)Cc1cc(C(C)(C)C)cc(c1OCCOS(C)(=O)=O)Cc1cc(C(C)(C)C)cc(c1O)Cc1cc(C(C)(C)C)cc(c1OCCOS(C)(=O)=O)C2. The molecule has 1 aliphatic rings. The first-order valence-electron chi connectivity index (χ1n) is 21.3. The van der Waals surface area contributed by atoms with Crippen molar-refractivity contribution in [3.63, 3.8) is 0 Å². The number of phenolic OH excluding ortho intramolecular Hbond substituents is 2. The highest BCUT2D eigenvalue weighted by Gasteiger charge is 2.29. The van der Waals surface area contributed by atoms with E-state index in [-0.39, 0.29) is 85.3 Å². The van der Waals surface area contributed by atoms with Gasteiger partial charge in [-0.05, 0) is 88.4 Å². The van der Waals surface area contributed by atoms with Crippen LogP contribution >= 0.6 is 0 Å². The molecule has 0 atom stereocenters. The highest BCUT2D eigenvalue weighted by molar-refractivity contribution is 7.86. The van der Waals surface area contributed by atoms with E-state index in [1.165, 1.54) is 0 Å². The molecule has 12 heteroatoms. The van der Waals surface area contributed by atoms with Crippen molar-refractivity contribution < 1.29 is 44.9 Å². The molecule has 0 amide bonds. The smallest absolute Gasteiger partial charge is 0.264 e. The van der Waals surface area contributed by atoms with Crippen molar-refractivity contribution >= 4 is 20.2 Å². The third-order valence-electron chi connectivity index (χ3n) is 11.3. The third-order valence-corrected chi connectivity index (χ3v) is 12.5. The monoisotopic (exact) mass is 892 g/mol. The summed E-state index contributed by atoms with van der Waals surface area (Å²) in [4.78, 5) is 0. The van der Waals surface area contributed by atoms with Crippen LogP contribution in [0.3, 0.4) is 0 Å². The number of hydrogen-bond donors (Lipinski definition) is 2. The second-order valence-corrected chi connectivity index (χ2v) is 24.3. The fourth-order valence-electron chi connectivity index (χ4n) is 7.67. The van der Waals surface area contributed by atoms with Crippen LogP contribution in [-0.2, 0) is 75.9 Å². The summed E-state index contributed by atoms with van der Waals surface area (Å²) >= 11 is 0. The molecule has 4 aromatic carbocycles. The van der Waals surface area contributed by atoms with E-state index in [0.717, 1.165) is 57.0 Å². The van der Waals surface area contributed by atoms with E-state index >= 15 is 0 Å². The lowest BCUT2D eigenvalue weighted by molar-refractivity contribution is 0.220. The van der Waals surface area contributed by atoms with Gasteiger partial charge in [-0.25, -0.2) is 0 Å². The van der Waals surface area contributed by atoms with Crippen molar-refractivity contribution in [2.45, 2.75) is 130 Å². The van der Waals surface area contributed by atoms with E-state index < -0.39 is 20.2 Å². The van der Waals surface area contributed by atoms with Crippen molar-refractivity contribution in [3.8, 4) is 23.0 Å². The Kier molecular flexibility index (Phi) is 14.1. The predicted molar refractivity (Wildman–Crippen MR) is 248 cm³/mol. The first-order chi connectivity index (χ1) is 28.3. The van der Waals surface area contributed by atoms with Gasteiger partial charge < -0.3 is 19.7 Å². The standard InChI is InChI=1S/C50H68O10S2/c1-47(2,3)39-23-31-19-35-27-41(49(7,8)9)29-37(45(35)57-15-17-59-61(13,53)54)21-33-25-40(48(4,5)6)26-34(44(33)52)22-38-30-42(50(10,11)12)28-36(20-32(24-39)43(31)51)46(38)58-16-18-60-62(14,55)56/h23-30,51-52H,15-22H2,1-14H3. The third kappa shape index (κ3) is 12.5. The Balaban J connectivity index is 1.90. The molecule has 62 heavy (non-hydrogen) atoms. The van der Waals surface area contributed by atoms with Crippen LogP contribution in [0, 0.1) is 0 Å². The summed E-state index contributed by atoms with van der Waals surface area (Å²) in [5.74, 6) is 1.34. The Bertz CT molecular complexity index is 2250. The summed E-state index contributed by atoms with van der Waals surface area (Å²) in [5.41, 5.74) is 8.84. The Morgan fingerprint density at radius 1 is 0.403 bits per heavy atom. The molecule has 10 nitrogen and oxygen atoms in total. The molecule has 5 rings (SSSR count). The molecule has 0 saturated heterocycles. The molecule has 4 aromatic rings. The van der Waals surface area contributed by atoms with Gasteiger partial charge in [-0.3, -0.25) is 8.37 Å². The number of rotatable bonds is 10. The molecule has 8 bridgehead atoms. The Morgan fingerprint density at radius 3 is 0.806 bits per heavy atom. The highest BCUT2D eigenvalue weighted by Crippen LogP contribution is 2.43. The molecule has 2 N–H and O–H groups in total. The van der Waals surface area contributed by atoms with Crippen molar-refractivity contribution in [2.24, 2.45) is 0 Å². The van der Waals surface area contributed by atoms with Crippen molar-refractivity contribution in [1.82, 2.24) is 0 Å². The van der Waals surface area contributed by atoms with Gasteiger partial charge in [-0.2, -0.15) is 16.8 Å². The van der Waals surface area contributed by atoms with Crippen LogP contribution < -0.4 is 9.47 Å². The molecule has 0 radical (unpaired) electrons. The van der Waals surface area contributed by atoms with Crippen LogP contribution in [0.2, 0.25) is 0 Å². The first kappa shape index (κ1) is 48.9. The Labute approximate surface area is 371 Å². The minimum atomic E-state index is -3.72. The van der Waals surface area contributed by atoms with Gasteiger partial charge in [-0.15, -0.1) is 0 Å². The summed E-state index contributed by atoms with van der Waals surface area (Å²) in [5, 5.41) is 24.8. The van der Waals surface area contributed by atoms with Gasteiger partial charge in [-0.1, -0.05) is 132 Å². The van der Waals surface area contributed by atoms with Crippen molar-refractivity contribution in [1.29, 1.82) is 0 Å². The van der Waals surface area contributed by atoms with Crippen LogP contribution in [-0.4, -0.2) is 66.0 Å². The maximum Gasteiger partial charge on any atom is 0.264 e. The van der Waals surface area contributed by atoms with Crippen molar-refractivity contribution in [2.75, 3.05) is 38.9 Å². The van der Waals surface area contributed by atoms with Crippen LogP contribution in [0.4, 0.5) is 0 Å². The summed E-state index contributed by atoms with van der Waals surface area (Å²) < 4.78 is 71.1.